The van der Waals surface area contributed by atoms with Gasteiger partial charge in [0.25, 0.3) is 0 Å². The molecule has 18 heteroatoms. The number of hydrogen-bond donors (Lipinski definition) is 2. The van der Waals surface area contributed by atoms with Crippen LogP contribution in [-0.4, -0.2) is 194 Å². The van der Waals surface area contributed by atoms with Crippen LogP contribution < -0.4 is 5.32 Å². The van der Waals surface area contributed by atoms with E-state index < -0.39 is 23.9 Å². The van der Waals surface area contributed by atoms with Crippen molar-refractivity contribution >= 4 is 17.6 Å². The van der Waals surface area contributed by atoms with Gasteiger partial charge >= 0.3 is 17.6 Å². The number of ether oxygens (including phenoxy) is 7. The van der Waals surface area contributed by atoms with Crippen LogP contribution in [0.4, 0.5) is 0 Å². The highest BCUT2D eigenvalue weighted by atomic mass is 28.4. The summed E-state index contributed by atoms with van der Waals surface area (Å²) in [4.78, 5) is 2.17. The molecule has 350 valence electrons. The lowest BCUT2D eigenvalue weighted by Gasteiger charge is -2.31. The maximum Gasteiger partial charge on any atom is 0.500 e. The van der Waals surface area contributed by atoms with E-state index in [1.54, 1.807) is 42.7 Å². The Morgan fingerprint density at radius 1 is 0.638 bits per heavy atom. The Labute approximate surface area is 355 Å². The monoisotopic (exact) mass is 877 g/mol. The Kier molecular flexibility index (Phi) is 30.7. The minimum atomic E-state index is -2.60. The van der Waals surface area contributed by atoms with Gasteiger partial charge in [-0.05, 0) is 31.5 Å². The third-order valence-electron chi connectivity index (χ3n) is 9.50. The van der Waals surface area contributed by atoms with E-state index in [1.165, 1.54) is 0 Å². The van der Waals surface area contributed by atoms with Crippen molar-refractivity contribution in [3.05, 3.63) is 0 Å². The largest absolute Gasteiger partial charge is 0.500 e. The summed E-state index contributed by atoms with van der Waals surface area (Å²) in [6.07, 6.45) is 0.120. The first-order chi connectivity index (χ1) is 27.0. The van der Waals surface area contributed by atoms with Crippen LogP contribution in [0.3, 0.4) is 0 Å². The average molecular weight is 877 g/mol. The average Bonchev–Trinajstić information content (AvgIpc) is 4.02. The minimum Gasteiger partial charge on any atom is -0.378 e. The molecule has 3 rings (SSSR count). The maximum atomic E-state index is 10.3. The van der Waals surface area contributed by atoms with Gasteiger partial charge in [-0.1, -0.05) is 62.8 Å². The Morgan fingerprint density at radius 3 is 1.33 bits per heavy atom. The van der Waals surface area contributed by atoms with Gasteiger partial charge in [0.15, 0.2) is 6.29 Å². The molecule has 2 N–H and O–H groups in total. The molecule has 0 aliphatic carbocycles. The first kappa shape index (κ1) is 57.8. The molecule has 0 bridgehead atoms. The zero-order valence-corrected chi connectivity index (χ0v) is 40.2. The highest BCUT2D eigenvalue weighted by Gasteiger charge is 2.40. The van der Waals surface area contributed by atoms with E-state index in [0.717, 1.165) is 84.5 Å². The lowest BCUT2D eigenvalue weighted by molar-refractivity contribution is -0.141. The summed E-state index contributed by atoms with van der Waals surface area (Å²) in [5.74, 6) is 0.801. The van der Waals surface area contributed by atoms with Crippen LogP contribution in [0.5, 0.6) is 0 Å². The van der Waals surface area contributed by atoms with Crippen LogP contribution in [0.1, 0.15) is 62.8 Å². The number of likely N-dealkylation sites (N-methyl/N-ethyl adjacent to an activating group) is 1. The van der Waals surface area contributed by atoms with Gasteiger partial charge in [-0.3, -0.25) is 4.90 Å². The van der Waals surface area contributed by atoms with Gasteiger partial charge in [-0.15, -0.1) is 0 Å². The number of nitrogens with one attached hydrogen (secondary N) is 1. The Bertz CT molecular complexity index is 951. The van der Waals surface area contributed by atoms with Crippen molar-refractivity contribution in [1.82, 2.24) is 10.2 Å². The predicted octanol–water partition coefficient (Wildman–Crippen LogP) is 4.19. The molecular weight excluding hydrogens is 789 g/mol. The van der Waals surface area contributed by atoms with Gasteiger partial charge in [-0.25, -0.2) is 0 Å². The third-order valence-corrected chi connectivity index (χ3v) is 15.6. The second kappa shape index (κ2) is 30.8. The van der Waals surface area contributed by atoms with Crippen molar-refractivity contribution in [2.75, 3.05) is 141 Å². The van der Waals surface area contributed by atoms with E-state index >= 15 is 0 Å². The molecule has 0 aromatic carbocycles. The molecule has 58 heavy (non-hydrogen) atoms. The summed E-state index contributed by atoms with van der Waals surface area (Å²) in [5, 5.41) is 13.6. The van der Waals surface area contributed by atoms with Crippen LogP contribution in [0.2, 0.25) is 12.1 Å². The molecule has 3 fully saturated rings. The van der Waals surface area contributed by atoms with Crippen LogP contribution >= 0.6 is 0 Å². The zero-order valence-electron chi connectivity index (χ0n) is 38.2. The summed E-state index contributed by atoms with van der Waals surface area (Å²) < 4.78 is 70.4. The van der Waals surface area contributed by atoms with E-state index in [-0.39, 0.29) is 24.4 Å². The summed E-state index contributed by atoms with van der Waals surface area (Å²) >= 11 is 0. The second-order valence-corrected chi connectivity index (χ2v) is 22.9. The van der Waals surface area contributed by atoms with Gasteiger partial charge in [0.2, 0.25) is 0 Å². The standard InChI is InChI=1S/C19H41NO7Si.C11H20O4.C9H23NO3Si.CH4/c1-8-20(9-16(2)13-28(22-5,23-6)24-7)10-18(21)27-15-19(3,4)14-25-11-17-12-26-17;1-11(2,7-12-3-9-5-14-9)8-13-4-10-6-15-10;1-6-10-7-9(2)8-14(11-3,12-4)13-5;/h16-18,21H,8-15H2,1-7H3;9-10H,3-8H2,1-2H3;9-10H,6-8H2,1-5H3;1H4. The number of epoxide rings is 3. The summed E-state index contributed by atoms with van der Waals surface area (Å²) in [7, 11) is 4.87. The Morgan fingerprint density at radius 2 is 1.00 bits per heavy atom. The lowest BCUT2D eigenvalue weighted by atomic mass is 9.96. The normalized spacial score (nSPS) is 20.6. The fraction of sp³-hybridized carbons (Fsp3) is 1.00. The number of aliphatic hydroxyl groups is 1. The summed E-state index contributed by atoms with van der Waals surface area (Å²) in [6.45, 7) is 28.0. The van der Waals surface area contributed by atoms with Crippen molar-refractivity contribution in [1.29, 1.82) is 0 Å². The molecule has 0 aromatic rings. The Balaban J connectivity index is 0.000000913. The molecule has 3 saturated heterocycles. The highest BCUT2D eigenvalue weighted by molar-refractivity contribution is 6.61. The molecule has 0 spiro atoms. The molecule has 3 aliphatic rings. The topological polar surface area (TPSA) is 165 Å². The first-order valence-electron chi connectivity index (χ1n) is 20.6. The molecular formula is C40H88N2O14Si2. The molecule has 0 saturated carbocycles. The molecule has 3 aliphatic heterocycles. The van der Waals surface area contributed by atoms with Crippen molar-refractivity contribution in [2.24, 2.45) is 22.7 Å². The van der Waals surface area contributed by atoms with Gasteiger partial charge < -0.3 is 70.1 Å². The Hall–Kier alpha value is -0.206. The van der Waals surface area contributed by atoms with Crippen molar-refractivity contribution < 1.29 is 64.8 Å². The van der Waals surface area contributed by atoms with E-state index in [4.69, 9.17) is 59.7 Å². The summed E-state index contributed by atoms with van der Waals surface area (Å²) in [5.41, 5.74) is -0.0927. The van der Waals surface area contributed by atoms with Gasteiger partial charge in [0, 0.05) is 78.7 Å². The zero-order chi connectivity index (χ0) is 43.0. The van der Waals surface area contributed by atoms with Crippen LogP contribution in [0, 0.1) is 22.7 Å². The number of hydrogen-bond acceptors (Lipinski definition) is 16. The van der Waals surface area contributed by atoms with E-state index in [1.807, 2.05) is 0 Å². The fourth-order valence-corrected chi connectivity index (χ4v) is 9.71. The molecule has 3 heterocycles. The molecule has 6 unspecified atom stereocenters. The quantitative estimate of drug-likeness (QED) is 0.0548. The number of nitrogens with zero attached hydrogens (tertiary/aromatic N) is 1. The SMILES string of the molecule is C.CC(C)(COCC1CO1)COCC1CO1.CCN(CC(C)C[Si](OC)(OC)OC)CC(O)OCC(C)(C)COCC1CO1.CCNCC(C)C[Si](OC)(OC)OC. The van der Waals surface area contributed by atoms with Crippen molar-refractivity contribution in [3.63, 3.8) is 0 Å². The van der Waals surface area contributed by atoms with Gasteiger partial charge in [-0.2, -0.15) is 0 Å². The van der Waals surface area contributed by atoms with Crippen LogP contribution in [0.25, 0.3) is 0 Å². The number of aliphatic hydroxyl groups excluding tert-OH is 1. The van der Waals surface area contributed by atoms with E-state index in [2.05, 4.69) is 65.6 Å². The predicted molar refractivity (Wildman–Crippen MR) is 230 cm³/mol. The van der Waals surface area contributed by atoms with E-state index in [0.29, 0.717) is 50.4 Å². The summed E-state index contributed by atoms with van der Waals surface area (Å²) in [6, 6.07) is 1.57. The number of rotatable bonds is 33. The van der Waals surface area contributed by atoms with Crippen LogP contribution in [-0.2, 0) is 59.7 Å². The molecule has 6 atom stereocenters. The molecule has 0 radical (unpaired) electrons. The smallest absolute Gasteiger partial charge is 0.378 e. The molecule has 0 amide bonds. The lowest BCUT2D eigenvalue weighted by Crippen LogP contribution is -2.46. The first-order valence-corrected chi connectivity index (χ1v) is 24.5. The van der Waals surface area contributed by atoms with E-state index in [9.17, 15) is 5.11 Å². The van der Waals surface area contributed by atoms with Gasteiger partial charge in [0.1, 0.15) is 18.3 Å². The minimum absolute atomic E-state index is 0. The third kappa shape index (κ3) is 27.7. The maximum absolute atomic E-state index is 10.3. The molecule has 0 aromatic heterocycles. The van der Waals surface area contributed by atoms with Crippen molar-refractivity contribution in [2.45, 2.75) is 99.5 Å². The van der Waals surface area contributed by atoms with Crippen LogP contribution in [0.15, 0.2) is 0 Å². The highest BCUT2D eigenvalue weighted by Crippen LogP contribution is 2.23. The van der Waals surface area contributed by atoms with Gasteiger partial charge in [0.05, 0.1) is 66.1 Å². The fourth-order valence-electron chi connectivity index (χ4n) is 5.73. The molecule has 16 nitrogen and oxygen atoms in total. The second-order valence-electron chi connectivity index (χ2n) is 16.9. The van der Waals surface area contributed by atoms with Crippen molar-refractivity contribution in [3.8, 4) is 0 Å².